The minimum absolute atomic E-state index is 0.207. The number of hydrogen-bond donors (Lipinski definition) is 6. The summed E-state index contributed by atoms with van der Waals surface area (Å²) in [5.74, 6) is 1.51. The van der Waals surface area contributed by atoms with Crippen molar-refractivity contribution in [3.8, 4) is 0 Å². The minimum atomic E-state index is -0.938. The first-order valence-electron chi connectivity index (χ1n) is 12.3. The van der Waals surface area contributed by atoms with E-state index in [0.29, 0.717) is 18.8 Å². The van der Waals surface area contributed by atoms with Crippen molar-refractivity contribution >= 4 is 11.4 Å². The number of benzene rings is 1. The summed E-state index contributed by atoms with van der Waals surface area (Å²) in [6.07, 6.45) is 6.25. The molecule has 0 spiro atoms. The Labute approximate surface area is 190 Å². The highest BCUT2D eigenvalue weighted by molar-refractivity contribution is 5.75. The van der Waals surface area contributed by atoms with E-state index in [1.807, 2.05) is 0 Å². The topological polar surface area (TPSA) is 115 Å². The molecule has 1 saturated heterocycles. The number of fused-ring (bicyclic) bond motifs is 1. The molecule has 2 aliphatic heterocycles. The van der Waals surface area contributed by atoms with E-state index in [1.165, 1.54) is 55.5 Å². The van der Waals surface area contributed by atoms with E-state index in [4.69, 9.17) is 10.5 Å². The number of nitrogens with zero attached hydrogens (tertiary/aromatic N) is 1. The first-order valence-corrected chi connectivity index (χ1v) is 12.3. The van der Waals surface area contributed by atoms with Crippen molar-refractivity contribution in [3.63, 3.8) is 0 Å². The molecule has 4 aliphatic rings. The predicted molar refractivity (Wildman–Crippen MR) is 125 cm³/mol. The van der Waals surface area contributed by atoms with Crippen LogP contribution in [0.2, 0.25) is 0 Å². The first kappa shape index (κ1) is 22.4. The Morgan fingerprint density at radius 1 is 1.12 bits per heavy atom. The zero-order chi connectivity index (χ0) is 22.2. The largest absolute Gasteiger partial charge is 0.387 e. The smallest absolute Gasteiger partial charge is 0.138 e. The highest BCUT2D eigenvalue weighted by atomic mass is 16.6. The molecule has 0 amide bonds. The van der Waals surface area contributed by atoms with Gasteiger partial charge in [-0.3, -0.25) is 5.32 Å². The average Bonchev–Trinajstić information content (AvgIpc) is 3.21. The molecule has 3 fully saturated rings. The van der Waals surface area contributed by atoms with Gasteiger partial charge in [-0.2, -0.15) is 0 Å². The molecule has 2 saturated carbocycles. The van der Waals surface area contributed by atoms with Gasteiger partial charge in [0.2, 0.25) is 0 Å². The van der Waals surface area contributed by atoms with E-state index >= 15 is 0 Å². The van der Waals surface area contributed by atoms with Crippen molar-refractivity contribution in [3.05, 3.63) is 23.8 Å². The summed E-state index contributed by atoms with van der Waals surface area (Å²) in [6.45, 7) is 0.821. The number of hydrogen-bond acceptors (Lipinski definition) is 8. The Bertz CT molecular complexity index is 785. The van der Waals surface area contributed by atoms with Crippen molar-refractivity contribution in [2.75, 3.05) is 30.9 Å². The van der Waals surface area contributed by atoms with Gasteiger partial charge in [0.25, 0.3) is 0 Å². The summed E-state index contributed by atoms with van der Waals surface area (Å²) < 4.78 is 5.77. The third kappa shape index (κ3) is 4.49. The summed E-state index contributed by atoms with van der Waals surface area (Å²) in [5.41, 5.74) is 9.48. The number of anilines is 2. The Balaban J connectivity index is 1.02. The molecule has 7 N–H and O–H groups in total. The van der Waals surface area contributed by atoms with Crippen LogP contribution < -0.4 is 21.7 Å². The molecule has 8 nitrogen and oxygen atoms in total. The molecule has 1 aromatic rings. The SMILES string of the molecule is CN(C[C@H]1O[C@@H](NCN)[C@H](O)[C@@H]1O)[C@H]1C[C@H](CCC2Nc3ccc(C4CCC4)cc3N2)C1. The van der Waals surface area contributed by atoms with Gasteiger partial charge < -0.3 is 36.2 Å². The maximum absolute atomic E-state index is 10.3. The number of aliphatic hydroxyl groups excluding tert-OH is 2. The van der Waals surface area contributed by atoms with Crippen LogP contribution in [0.5, 0.6) is 0 Å². The van der Waals surface area contributed by atoms with Crippen LogP contribution in [-0.4, -0.2) is 72.1 Å². The van der Waals surface area contributed by atoms with Gasteiger partial charge >= 0.3 is 0 Å². The predicted octanol–water partition coefficient (Wildman–Crippen LogP) is 1.56. The van der Waals surface area contributed by atoms with Crippen molar-refractivity contribution in [1.82, 2.24) is 10.2 Å². The molecule has 2 aliphatic carbocycles. The van der Waals surface area contributed by atoms with Gasteiger partial charge in [0, 0.05) is 19.3 Å². The van der Waals surface area contributed by atoms with E-state index in [2.05, 4.69) is 46.1 Å². The molecule has 8 heteroatoms. The van der Waals surface area contributed by atoms with Crippen molar-refractivity contribution in [1.29, 1.82) is 0 Å². The van der Waals surface area contributed by atoms with Crippen LogP contribution in [0.4, 0.5) is 11.4 Å². The number of nitrogens with two attached hydrogens (primary N) is 1. The molecule has 178 valence electrons. The molecule has 0 aromatic heterocycles. The number of ether oxygens (including phenoxy) is 1. The van der Waals surface area contributed by atoms with Crippen LogP contribution in [0.25, 0.3) is 0 Å². The lowest BCUT2D eigenvalue weighted by Gasteiger charge is -2.42. The first-order chi connectivity index (χ1) is 15.5. The lowest BCUT2D eigenvalue weighted by atomic mass is 9.76. The molecule has 5 rings (SSSR count). The third-order valence-corrected chi connectivity index (χ3v) is 8.13. The molecule has 32 heavy (non-hydrogen) atoms. The summed E-state index contributed by atoms with van der Waals surface area (Å²) in [6, 6.07) is 7.41. The monoisotopic (exact) mass is 445 g/mol. The summed E-state index contributed by atoms with van der Waals surface area (Å²) in [7, 11) is 2.09. The lowest BCUT2D eigenvalue weighted by Crippen LogP contribution is -2.48. The molecule has 0 bridgehead atoms. The van der Waals surface area contributed by atoms with Gasteiger partial charge in [0.15, 0.2) is 0 Å². The number of aliphatic hydroxyl groups is 2. The molecule has 2 heterocycles. The molecule has 5 atom stereocenters. The van der Waals surface area contributed by atoms with E-state index < -0.39 is 24.5 Å². The number of nitrogens with one attached hydrogen (secondary N) is 3. The fourth-order valence-electron chi connectivity index (χ4n) is 5.67. The zero-order valence-electron chi connectivity index (χ0n) is 19.0. The number of rotatable bonds is 9. The van der Waals surface area contributed by atoms with Gasteiger partial charge in [0.05, 0.1) is 17.5 Å². The highest BCUT2D eigenvalue weighted by Crippen LogP contribution is 2.41. The van der Waals surface area contributed by atoms with E-state index in [0.717, 1.165) is 18.3 Å². The zero-order valence-corrected chi connectivity index (χ0v) is 19.0. The normalized spacial score (nSPS) is 36.3. The standard InChI is InChI=1S/C24H39N5O3/c1-29(12-20-22(30)23(31)24(32-20)26-13-25)17-9-14(10-17)5-8-21-27-18-7-6-16(11-19(18)28-21)15-3-2-4-15/h6-7,11,14-15,17,20-24,26-28,30-31H,2-5,8-10,12-13,25H2,1H3/t14-,17-,20-,21?,22-,23-,24-/m1/s1. The number of likely N-dealkylation sites (N-methyl/N-ethyl adjacent to an activating group) is 1. The Hall–Kier alpha value is -1.42. The molecular weight excluding hydrogens is 406 g/mol. The van der Waals surface area contributed by atoms with Crippen LogP contribution in [0.1, 0.15) is 56.4 Å². The third-order valence-electron chi connectivity index (χ3n) is 8.13. The lowest BCUT2D eigenvalue weighted by molar-refractivity contribution is -0.0348. The van der Waals surface area contributed by atoms with Gasteiger partial charge in [-0.25, -0.2) is 0 Å². The fourth-order valence-corrected chi connectivity index (χ4v) is 5.67. The van der Waals surface area contributed by atoms with Gasteiger partial charge in [-0.1, -0.05) is 12.5 Å². The van der Waals surface area contributed by atoms with Crippen molar-refractivity contribution in [2.24, 2.45) is 11.7 Å². The highest BCUT2D eigenvalue weighted by Gasteiger charge is 2.44. The van der Waals surface area contributed by atoms with Crippen LogP contribution in [0.15, 0.2) is 18.2 Å². The van der Waals surface area contributed by atoms with Crippen molar-refractivity contribution < 1.29 is 14.9 Å². The summed E-state index contributed by atoms with van der Waals surface area (Å²) in [4.78, 5) is 2.27. The maximum Gasteiger partial charge on any atom is 0.138 e. The Morgan fingerprint density at radius 3 is 2.62 bits per heavy atom. The Morgan fingerprint density at radius 2 is 1.91 bits per heavy atom. The van der Waals surface area contributed by atoms with Crippen LogP contribution >= 0.6 is 0 Å². The maximum atomic E-state index is 10.3. The molecule has 1 aromatic carbocycles. The molecule has 0 radical (unpaired) electrons. The van der Waals surface area contributed by atoms with E-state index in [9.17, 15) is 10.2 Å². The van der Waals surface area contributed by atoms with Crippen LogP contribution in [0.3, 0.4) is 0 Å². The second kappa shape index (κ2) is 9.44. The van der Waals surface area contributed by atoms with Crippen LogP contribution in [-0.2, 0) is 4.74 Å². The quantitative estimate of drug-likeness (QED) is 0.317. The summed E-state index contributed by atoms with van der Waals surface area (Å²) in [5, 5.41) is 30.6. The van der Waals surface area contributed by atoms with Crippen molar-refractivity contribution in [2.45, 2.75) is 87.6 Å². The average molecular weight is 446 g/mol. The molecular formula is C24H39N5O3. The van der Waals surface area contributed by atoms with Crippen LogP contribution in [0, 0.1) is 5.92 Å². The molecule has 1 unspecified atom stereocenters. The van der Waals surface area contributed by atoms with Gasteiger partial charge in [-0.15, -0.1) is 0 Å². The Kier molecular flexibility index (Phi) is 6.60. The summed E-state index contributed by atoms with van der Waals surface area (Å²) >= 11 is 0. The van der Waals surface area contributed by atoms with E-state index in [-0.39, 0.29) is 6.67 Å². The minimum Gasteiger partial charge on any atom is -0.387 e. The second-order valence-corrected chi connectivity index (χ2v) is 10.3. The second-order valence-electron chi connectivity index (χ2n) is 10.3. The van der Waals surface area contributed by atoms with Gasteiger partial charge in [0.1, 0.15) is 24.5 Å². The van der Waals surface area contributed by atoms with Gasteiger partial charge in [-0.05, 0) is 75.1 Å². The van der Waals surface area contributed by atoms with E-state index in [1.54, 1.807) is 0 Å². The fraction of sp³-hybridized carbons (Fsp3) is 0.750.